The molecule has 45 valence electrons. The second kappa shape index (κ2) is 2.96. The van der Waals surface area contributed by atoms with Crippen LogP contribution in [-0.4, -0.2) is 0 Å². The minimum absolute atomic E-state index is 1.05. The van der Waals surface area contributed by atoms with Crippen molar-refractivity contribution in [3.63, 3.8) is 0 Å². The Balaban J connectivity index is 3.06. The maximum absolute atomic E-state index is 4.02. The van der Waals surface area contributed by atoms with Gasteiger partial charge in [0.25, 0.3) is 0 Å². The van der Waals surface area contributed by atoms with Crippen molar-refractivity contribution in [3.8, 4) is 0 Å². The third-order valence-electron chi connectivity index (χ3n) is 1.14. The molecule has 0 saturated heterocycles. The van der Waals surface area contributed by atoms with Gasteiger partial charge in [0.05, 0.1) is 0 Å². The van der Waals surface area contributed by atoms with Gasteiger partial charge in [-0.3, -0.25) is 0 Å². The molecule has 2 heteroatoms. The van der Waals surface area contributed by atoms with Gasteiger partial charge in [0.15, 0.2) is 0 Å². The Hall–Kier alpha value is -0.382. The molecule has 1 aromatic rings. The maximum atomic E-state index is 4.02. The summed E-state index contributed by atoms with van der Waals surface area (Å²) in [6.07, 6.45) is 0. The van der Waals surface area contributed by atoms with Crippen LogP contribution in [-0.2, 0) is 19.4 Å². The Kier molecular flexibility index (Phi) is 2.21. The number of rotatable bonds is 0. The third-order valence-corrected chi connectivity index (χ3v) is 1.66. The number of hydrogen-bond acceptors (Lipinski definition) is 0. The van der Waals surface area contributed by atoms with Crippen molar-refractivity contribution < 1.29 is 19.4 Å². The molecule has 1 aromatic carbocycles. The summed E-state index contributed by atoms with van der Waals surface area (Å²) in [7, 11) is 0. The Morgan fingerprint density at radius 3 is 2.22 bits per heavy atom. The van der Waals surface area contributed by atoms with Crippen LogP contribution in [0.15, 0.2) is 24.3 Å². The second-order valence-electron chi connectivity index (χ2n) is 1.93. The van der Waals surface area contributed by atoms with Crippen LogP contribution in [0, 0.1) is 6.92 Å². The van der Waals surface area contributed by atoms with Crippen LogP contribution >= 0.6 is 0 Å². The molecule has 0 unspecified atom stereocenters. The van der Waals surface area contributed by atoms with Crippen molar-refractivity contribution in [3.05, 3.63) is 33.1 Å². The molecule has 0 aliphatic carbocycles. The standard InChI is InChI=1S/C7H7N.Mo/c1-6-2-4-7(8)5-3-6;/h2-5H,1H3;/q+1;. The van der Waals surface area contributed by atoms with Crippen LogP contribution < -0.4 is 0 Å². The van der Waals surface area contributed by atoms with Crippen molar-refractivity contribution in [2.75, 3.05) is 0 Å². The Labute approximate surface area is 65.5 Å². The fourth-order valence-electron chi connectivity index (χ4n) is 0.606. The van der Waals surface area contributed by atoms with E-state index in [-0.39, 0.29) is 0 Å². The molecule has 0 bridgehead atoms. The van der Waals surface area contributed by atoms with Crippen LogP contribution in [0.2, 0.25) is 0 Å². The molecule has 0 aromatic heterocycles. The monoisotopic (exact) mass is 203 g/mol. The van der Waals surface area contributed by atoms with Gasteiger partial charge in [-0.25, -0.2) is 0 Å². The van der Waals surface area contributed by atoms with Crippen LogP contribution in [0.3, 0.4) is 0 Å². The normalized spacial score (nSPS) is 8.44. The SMILES string of the molecule is Cc1ccc([N+]#[Mo])cc1. The fraction of sp³-hybridized carbons (Fsp3) is 0.143. The summed E-state index contributed by atoms with van der Waals surface area (Å²) >= 11 is 1.73. The van der Waals surface area contributed by atoms with E-state index < -0.39 is 0 Å². The second-order valence-corrected chi connectivity index (χ2v) is 2.38. The molecular weight excluding hydrogens is 194 g/mol. The zero-order valence-electron chi connectivity index (χ0n) is 5.16. The first-order valence-corrected chi connectivity index (χ1v) is 3.63. The summed E-state index contributed by atoms with van der Waals surface area (Å²) in [6, 6.07) is 8.14. The molecule has 0 saturated carbocycles. The molecule has 0 aliphatic heterocycles. The van der Waals surface area contributed by atoms with Gasteiger partial charge in [0.2, 0.25) is 0 Å². The van der Waals surface area contributed by atoms with E-state index in [0.29, 0.717) is 0 Å². The Morgan fingerprint density at radius 1 is 1.22 bits per heavy atom. The number of aryl methyl sites for hydroxylation is 1. The Morgan fingerprint density at radius 2 is 1.78 bits per heavy atom. The molecule has 0 aliphatic rings. The molecule has 1 rings (SSSR count). The summed E-state index contributed by atoms with van der Waals surface area (Å²) in [5, 5.41) is 0. The van der Waals surface area contributed by atoms with Crippen molar-refractivity contribution in [1.29, 1.82) is 0 Å². The fourth-order valence-corrected chi connectivity index (χ4v) is 0.905. The first-order valence-electron chi connectivity index (χ1n) is 2.73. The molecule has 0 N–H and O–H groups in total. The first kappa shape index (κ1) is 6.73. The van der Waals surface area contributed by atoms with E-state index in [0.717, 1.165) is 5.69 Å². The molecule has 0 amide bonds. The summed E-state index contributed by atoms with van der Waals surface area (Å²) in [5.74, 6) is 0. The predicted molar refractivity (Wildman–Crippen MR) is 34.2 cm³/mol. The van der Waals surface area contributed by atoms with Gasteiger partial charge < -0.3 is 0 Å². The summed E-state index contributed by atoms with van der Waals surface area (Å²) < 4.78 is 4.02. The molecule has 0 heterocycles. The van der Waals surface area contributed by atoms with E-state index in [1.54, 1.807) is 19.4 Å². The molecule has 0 atom stereocenters. The van der Waals surface area contributed by atoms with E-state index in [2.05, 4.69) is 22.4 Å². The van der Waals surface area contributed by atoms with E-state index in [4.69, 9.17) is 0 Å². The molecule has 0 fully saturated rings. The van der Waals surface area contributed by atoms with Gasteiger partial charge in [-0.2, -0.15) is 0 Å². The zero-order chi connectivity index (χ0) is 6.69. The van der Waals surface area contributed by atoms with Crippen molar-refractivity contribution >= 4 is 5.69 Å². The van der Waals surface area contributed by atoms with Gasteiger partial charge in [-0.15, -0.1) is 0 Å². The summed E-state index contributed by atoms with van der Waals surface area (Å²) in [5.41, 5.74) is 2.33. The van der Waals surface area contributed by atoms with Crippen LogP contribution in [0.5, 0.6) is 0 Å². The average molecular weight is 201 g/mol. The topological polar surface area (TPSA) is 4.36 Å². The van der Waals surface area contributed by atoms with Crippen molar-refractivity contribution in [2.45, 2.75) is 6.92 Å². The van der Waals surface area contributed by atoms with Crippen LogP contribution in [0.25, 0.3) is 3.31 Å². The third kappa shape index (κ3) is 1.78. The van der Waals surface area contributed by atoms with Crippen molar-refractivity contribution in [2.24, 2.45) is 0 Å². The molecule has 9 heavy (non-hydrogen) atoms. The van der Waals surface area contributed by atoms with E-state index in [1.165, 1.54) is 5.56 Å². The van der Waals surface area contributed by atoms with E-state index in [9.17, 15) is 0 Å². The number of hydrogen-bond donors (Lipinski definition) is 0. The molecular formula is C7H7MoN+. The summed E-state index contributed by atoms with van der Waals surface area (Å²) in [4.78, 5) is 0. The molecule has 0 spiro atoms. The number of nitrogens with zero attached hydrogens (tertiary/aromatic N) is 1. The van der Waals surface area contributed by atoms with E-state index >= 15 is 0 Å². The van der Waals surface area contributed by atoms with Gasteiger partial charge in [0.1, 0.15) is 0 Å². The average Bonchev–Trinajstić information content (AvgIpc) is 1.90. The predicted octanol–water partition coefficient (Wildman–Crippen LogP) is 2.46. The molecule has 0 radical (unpaired) electrons. The summed E-state index contributed by atoms with van der Waals surface area (Å²) in [6.45, 7) is 2.07. The van der Waals surface area contributed by atoms with Crippen LogP contribution in [0.4, 0.5) is 5.69 Å². The zero-order valence-corrected chi connectivity index (χ0v) is 7.17. The molecule has 1 nitrogen and oxygen atoms in total. The number of benzene rings is 1. The van der Waals surface area contributed by atoms with E-state index in [1.807, 2.05) is 12.1 Å². The van der Waals surface area contributed by atoms with Gasteiger partial charge in [0, 0.05) is 0 Å². The van der Waals surface area contributed by atoms with Crippen LogP contribution in [0.1, 0.15) is 5.56 Å². The van der Waals surface area contributed by atoms with Crippen molar-refractivity contribution in [1.82, 2.24) is 0 Å². The first-order chi connectivity index (χ1) is 4.33. The Bertz CT molecular complexity index is 232. The minimum atomic E-state index is 1.05. The quantitative estimate of drug-likeness (QED) is 0.568. The van der Waals surface area contributed by atoms with Gasteiger partial charge >= 0.3 is 65.2 Å². The van der Waals surface area contributed by atoms with Gasteiger partial charge in [-0.1, -0.05) is 0 Å². The van der Waals surface area contributed by atoms with Gasteiger partial charge in [-0.05, 0) is 0 Å².